The number of nitrogens with one attached hydrogen (secondary N) is 2. The summed E-state index contributed by atoms with van der Waals surface area (Å²) in [5.74, 6) is 0.219. The van der Waals surface area contributed by atoms with E-state index in [0.717, 1.165) is 19.4 Å². The fourth-order valence-corrected chi connectivity index (χ4v) is 3.71. The van der Waals surface area contributed by atoms with Crippen LogP contribution in [-0.4, -0.2) is 49.4 Å². The second-order valence-electron chi connectivity index (χ2n) is 7.31. The Morgan fingerprint density at radius 3 is 2.14 bits per heavy atom. The van der Waals surface area contributed by atoms with Gasteiger partial charge in [-0.05, 0) is 30.5 Å². The first-order valence-electron chi connectivity index (χ1n) is 9.60. The third-order valence-corrected chi connectivity index (χ3v) is 5.56. The summed E-state index contributed by atoms with van der Waals surface area (Å²) in [6.07, 6.45) is 2.33. The van der Waals surface area contributed by atoms with Gasteiger partial charge in [-0.25, -0.2) is 0 Å². The van der Waals surface area contributed by atoms with Crippen LogP contribution in [0.4, 0.5) is 0 Å². The van der Waals surface area contributed by atoms with Gasteiger partial charge in [0.25, 0.3) is 11.8 Å². The number of amides is 2. The second-order valence-corrected chi connectivity index (χ2v) is 7.31. The summed E-state index contributed by atoms with van der Waals surface area (Å²) >= 11 is 0. The molecule has 1 aliphatic heterocycles. The number of nitrogens with zero attached hydrogens (tertiary/aromatic N) is 2. The first-order chi connectivity index (χ1) is 13.6. The SMILES string of the molecule is CN=C(NCCN1C(=O)c2ccccc2C1=O)NCC1(c2ccccc2)CC1. The highest BCUT2D eigenvalue weighted by Crippen LogP contribution is 2.47. The normalized spacial score (nSPS) is 17.5. The Morgan fingerprint density at radius 2 is 1.57 bits per heavy atom. The van der Waals surface area contributed by atoms with Crippen LogP contribution in [0.15, 0.2) is 59.6 Å². The van der Waals surface area contributed by atoms with Crippen molar-refractivity contribution in [2.24, 2.45) is 4.99 Å². The van der Waals surface area contributed by atoms with Crippen molar-refractivity contribution in [3.05, 3.63) is 71.3 Å². The van der Waals surface area contributed by atoms with Crippen molar-refractivity contribution in [3.8, 4) is 0 Å². The average molecular weight is 376 g/mol. The number of aliphatic imine (C=N–C) groups is 1. The van der Waals surface area contributed by atoms with E-state index in [1.807, 2.05) is 6.07 Å². The predicted octanol–water partition coefficient (Wildman–Crippen LogP) is 2.18. The lowest BCUT2D eigenvalue weighted by Crippen LogP contribution is -2.44. The molecule has 0 spiro atoms. The number of hydrogen-bond donors (Lipinski definition) is 2. The highest BCUT2D eigenvalue weighted by atomic mass is 16.2. The molecule has 6 nitrogen and oxygen atoms in total. The molecule has 2 aliphatic rings. The number of rotatable bonds is 6. The zero-order valence-corrected chi connectivity index (χ0v) is 15.9. The lowest BCUT2D eigenvalue weighted by molar-refractivity contribution is 0.0657. The highest BCUT2D eigenvalue weighted by Gasteiger charge is 2.44. The van der Waals surface area contributed by atoms with Crippen molar-refractivity contribution in [1.82, 2.24) is 15.5 Å². The van der Waals surface area contributed by atoms with Gasteiger partial charge in [-0.2, -0.15) is 0 Å². The Hall–Kier alpha value is -3.15. The Labute approximate surface area is 164 Å². The standard InChI is InChI=1S/C22H24N4O2/c1-23-21(25-15-22(11-12-22)16-7-3-2-4-8-16)24-13-14-26-19(27)17-9-5-6-10-18(17)20(26)28/h2-10H,11-15H2,1H3,(H2,23,24,25). The monoisotopic (exact) mass is 376 g/mol. The summed E-state index contributed by atoms with van der Waals surface area (Å²) in [5, 5.41) is 6.59. The van der Waals surface area contributed by atoms with Gasteiger partial charge in [0.1, 0.15) is 0 Å². The molecule has 0 aromatic heterocycles. The van der Waals surface area contributed by atoms with Crippen LogP contribution >= 0.6 is 0 Å². The molecular weight excluding hydrogens is 352 g/mol. The third-order valence-electron chi connectivity index (χ3n) is 5.56. The molecule has 0 unspecified atom stereocenters. The van der Waals surface area contributed by atoms with E-state index in [9.17, 15) is 9.59 Å². The second kappa shape index (κ2) is 7.46. The van der Waals surface area contributed by atoms with Crippen LogP contribution in [0.2, 0.25) is 0 Å². The molecule has 1 aliphatic carbocycles. The van der Waals surface area contributed by atoms with Crippen LogP contribution in [0.1, 0.15) is 39.1 Å². The van der Waals surface area contributed by atoms with Gasteiger partial charge in [0.15, 0.2) is 5.96 Å². The minimum atomic E-state index is -0.230. The molecule has 6 heteroatoms. The van der Waals surface area contributed by atoms with E-state index in [-0.39, 0.29) is 17.2 Å². The summed E-state index contributed by atoms with van der Waals surface area (Å²) in [4.78, 5) is 30.4. The number of fused-ring (bicyclic) bond motifs is 1. The molecule has 1 saturated carbocycles. The first kappa shape index (κ1) is 18.2. The van der Waals surface area contributed by atoms with Crippen molar-refractivity contribution < 1.29 is 9.59 Å². The number of carbonyl (C=O) groups is 2. The minimum absolute atomic E-state index is 0.182. The topological polar surface area (TPSA) is 73.8 Å². The first-order valence-corrected chi connectivity index (χ1v) is 9.60. The van der Waals surface area contributed by atoms with E-state index in [4.69, 9.17) is 0 Å². The molecule has 2 amide bonds. The number of carbonyl (C=O) groups excluding carboxylic acids is 2. The number of imide groups is 1. The van der Waals surface area contributed by atoms with E-state index in [0.29, 0.717) is 30.2 Å². The van der Waals surface area contributed by atoms with Crippen LogP contribution in [0.25, 0.3) is 0 Å². The largest absolute Gasteiger partial charge is 0.356 e. The van der Waals surface area contributed by atoms with Crippen LogP contribution in [0.3, 0.4) is 0 Å². The third kappa shape index (κ3) is 3.38. The summed E-state index contributed by atoms with van der Waals surface area (Å²) < 4.78 is 0. The summed E-state index contributed by atoms with van der Waals surface area (Å²) in [6.45, 7) is 1.56. The van der Waals surface area contributed by atoms with Crippen molar-refractivity contribution in [2.45, 2.75) is 18.3 Å². The lowest BCUT2D eigenvalue weighted by Gasteiger charge is -2.20. The fourth-order valence-electron chi connectivity index (χ4n) is 3.71. The average Bonchev–Trinajstić information content (AvgIpc) is 3.50. The Kier molecular flexibility index (Phi) is 4.86. The fraction of sp³-hybridized carbons (Fsp3) is 0.318. The molecule has 0 atom stereocenters. The molecule has 0 bridgehead atoms. The molecule has 1 heterocycles. The predicted molar refractivity (Wildman–Crippen MR) is 109 cm³/mol. The van der Waals surface area contributed by atoms with Gasteiger partial charge in [0.05, 0.1) is 11.1 Å². The van der Waals surface area contributed by atoms with Gasteiger partial charge >= 0.3 is 0 Å². The number of benzene rings is 2. The van der Waals surface area contributed by atoms with Gasteiger partial charge in [-0.1, -0.05) is 42.5 Å². The zero-order valence-electron chi connectivity index (χ0n) is 15.9. The van der Waals surface area contributed by atoms with E-state index in [1.165, 1.54) is 10.5 Å². The molecule has 0 radical (unpaired) electrons. The van der Waals surface area contributed by atoms with Crippen molar-refractivity contribution >= 4 is 17.8 Å². The summed E-state index contributed by atoms with van der Waals surface area (Å²) in [5.41, 5.74) is 2.49. The van der Waals surface area contributed by atoms with E-state index >= 15 is 0 Å². The summed E-state index contributed by atoms with van der Waals surface area (Å²) in [7, 11) is 1.72. The highest BCUT2D eigenvalue weighted by molar-refractivity contribution is 6.21. The van der Waals surface area contributed by atoms with Crippen LogP contribution in [-0.2, 0) is 5.41 Å². The van der Waals surface area contributed by atoms with Crippen LogP contribution in [0.5, 0.6) is 0 Å². The molecule has 0 saturated heterocycles. The van der Waals surface area contributed by atoms with Crippen molar-refractivity contribution in [1.29, 1.82) is 0 Å². The van der Waals surface area contributed by atoms with Gasteiger partial charge in [0.2, 0.25) is 0 Å². The smallest absolute Gasteiger partial charge is 0.261 e. The Balaban J connectivity index is 1.29. The van der Waals surface area contributed by atoms with Gasteiger partial charge < -0.3 is 10.6 Å². The lowest BCUT2D eigenvalue weighted by atomic mass is 9.96. The van der Waals surface area contributed by atoms with Crippen LogP contribution in [0, 0.1) is 0 Å². The minimum Gasteiger partial charge on any atom is -0.356 e. The maximum Gasteiger partial charge on any atom is 0.261 e. The van der Waals surface area contributed by atoms with Crippen molar-refractivity contribution in [2.75, 3.05) is 26.7 Å². The quantitative estimate of drug-likeness (QED) is 0.460. The van der Waals surface area contributed by atoms with Crippen molar-refractivity contribution in [3.63, 3.8) is 0 Å². The molecule has 28 heavy (non-hydrogen) atoms. The molecule has 2 N–H and O–H groups in total. The van der Waals surface area contributed by atoms with Gasteiger partial charge in [-0.15, -0.1) is 0 Å². The van der Waals surface area contributed by atoms with E-state index in [1.54, 1.807) is 31.3 Å². The molecule has 2 aromatic rings. The molecule has 144 valence electrons. The molecule has 1 fully saturated rings. The van der Waals surface area contributed by atoms with E-state index in [2.05, 4.69) is 39.9 Å². The van der Waals surface area contributed by atoms with E-state index < -0.39 is 0 Å². The Morgan fingerprint density at radius 1 is 0.964 bits per heavy atom. The summed E-state index contributed by atoms with van der Waals surface area (Å²) in [6, 6.07) is 17.5. The molecule has 2 aromatic carbocycles. The zero-order chi connectivity index (χ0) is 19.6. The van der Waals surface area contributed by atoms with Gasteiger partial charge in [0, 0.05) is 32.1 Å². The molecular formula is C22H24N4O2. The number of guanidine groups is 1. The number of hydrogen-bond acceptors (Lipinski definition) is 3. The maximum atomic E-state index is 12.4. The maximum absolute atomic E-state index is 12.4. The van der Waals surface area contributed by atoms with Crippen LogP contribution < -0.4 is 10.6 Å². The van der Waals surface area contributed by atoms with Gasteiger partial charge in [-0.3, -0.25) is 19.5 Å². The Bertz CT molecular complexity index is 884. The molecule has 4 rings (SSSR count).